The van der Waals surface area contributed by atoms with Gasteiger partial charge in [-0.3, -0.25) is 9.89 Å². The van der Waals surface area contributed by atoms with Crippen molar-refractivity contribution in [1.82, 2.24) is 4.90 Å². The van der Waals surface area contributed by atoms with Crippen molar-refractivity contribution in [2.24, 2.45) is 10.7 Å². The topological polar surface area (TPSA) is 62.9 Å². The predicted molar refractivity (Wildman–Crippen MR) is 102 cm³/mol. The van der Waals surface area contributed by atoms with Crippen LogP contribution in [0.3, 0.4) is 0 Å². The first-order valence-electron chi connectivity index (χ1n) is 6.79. The van der Waals surface area contributed by atoms with E-state index in [0.717, 1.165) is 37.6 Å². The van der Waals surface area contributed by atoms with Crippen molar-refractivity contribution in [3.63, 3.8) is 0 Å². The zero-order valence-corrected chi connectivity index (χ0v) is 15.4. The molecule has 1 aromatic carbocycles. The Balaban J connectivity index is 0.00000220. The number of guanidine groups is 1. The number of nitrogens with zero attached hydrogens (tertiary/aromatic N) is 2. The van der Waals surface area contributed by atoms with Crippen molar-refractivity contribution in [1.29, 1.82) is 0 Å². The van der Waals surface area contributed by atoms with Crippen LogP contribution in [0.25, 0.3) is 0 Å². The summed E-state index contributed by atoms with van der Waals surface area (Å²) in [5, 5.41) is 3.08. The Morgan fingerprint density at radius 2 is 2.00 bits per heavy atom. The maximum Gasteiger partial charge on any atom is 0.193 e. The molecule has 1 fully saturated rings. The second-order valence-electron chi connectivity index (χ2n) is 4.57. The van der Waals surface area contributed by atoms with E-state index in [4.69, 9.17) is 10.5 Å². The summed E-state index contributed by atoms with van der Waals surface area (Å²) in [7, 11) is 1.65. The van der Waals surface area contributed by atoms with Crippen molar-refractivity contribution >= 4 is 47.4 Å². The predicted octanol–water partition coefficient (Wildman–Crippen LogP) is 2.09. The molecule has 0 amide bonds. The number of hydrogen-bond donors (Lipinski definition) is 2. The van der Waals surface area contributed by atoms with E-state index in [9.17, 15) is 0 Å². The van der Waals surface area contributed by atoms with Gasteiger partial charge in [0.2, 0.25) is 0 Å². The fourth-order valence-corrected chi connectivity index (χ4v) is 2.98. The van der Waals surface area contributed by atoms with Crippen molar-refractivity contribution in [3.05, 3.63) is 24.3 Å². The van der Waals surface area contributed by atoms with Crippen LogP contribution in [0.1, 0.15) is 0 Å². The Morgan fingerprint density at radius 1 is 1.33 bits per heavy atom. The lowest BCUT2D eigenvalue weighted by Crippen LogP contribution is -2.35. The molecular weight excluding hydrogens is 399 g/mol. The van der Waals surface area contributed by atoms with Crippen LogP contribution >= 0.6 is 35.7 Å². The van der Waals surface area contributed by atoms with Gasteiger partial charge >= 0.3 is 0 Å². The van der Waals surface area contributed by atoms with Gasteiger partial charge in [0, 0.05) is 36.8 Å². The van der Waals surface area contributed by atoms with Gasteiger partial charge in [0.15, 0.2) is 5.96 Å². The molecule has 0 radical (unpaired) electrons. The minimum atomic E-state index is 0. The smallest absolute Gasteiger partial charge is 0.193 e. The van der Waals surface area contributed by atoms with Gasteiger partial charge < -0.3 is 15.8 Å². The molecule has 3 N–H and O–H groups in total. The summed E-state index contributed by atoms with van der Waals surface area (Å²) in [6, 6.07) is 7.62. The lowest BCUT2D eigenvalue weighted by molar-refractivity contribution is 0.311. The number of halogens is 1. The largest absolute Gasteiger partial charge is 0.497 e. The van der Waals surface area contributed by atoms with E-state index in [2.05, 4.69) is 15.2 Å². The fraction of sp³-hybridized carbons (Fsp3) is 0.500. The highest BCUT2D eigenvalue weighted by molar-refractivity contribution is 14.0. The first kappa shape index (κ1) is 18.4. The fourth-order valence-electron chi connectivity index (χ4n) is 2.00. The van der Waals surface area contributed by atoms with Gasteiger partial charge in [-0.1, -0.05) is 0 Å². The second kappa shape index (κ2) is 10.1. The van der Waals surface area contributed by atoms with E-state index in [1.54, 1.807) is 7.11 Å². The summed E-state index contributed by atoms with van der Waals surface area (Å²) in [5.74, 6) is 3.74. The summed E-state index contributed by atoms with van der Waals surface area (Å²) in [5.41, 5.74) is 6.79. The van der Waals surface area contributed by atoms with Crippen molar-refractivity contribution < 1.29 is 4.74 Å². The van der Waals surface area contributed by atoms with Gasteiger partial charge in [0.05, 0.1) is 13.7 Å². The van der Waals surface area contributed by atoms with Gasteiger partial charge in [-0.25, -0.2) is 0 Å². The minimum absolute atomic E-state index is 0. The lowest BCUT2D eigenvalue weighted by Gasteiger charge is -2.25. The molecule has 0 unspecified atom stereocenters. The zero-order chi connectivity index (χ0) is 14.2. The minimum Gasteiger partial charge on any atom is -0.497 e. The molecule has 1 saturated heterocycles. The van der Waals surface area contributed by atoms with E-state index in [-0.39, 0.29) is 24.0 Å². The van der Waals surface area contributed by atoms with E-state index in [1.807, 2.05) is 36.0 Å². The van der Waals surface area contributed by atoms with Gasteiger partial charge in [-0.2, -0.15) is 11.8 Å². The van der Waals surface area contributed by atoms with Crippen LogP contribution < -0.4 is 15.8 Å². The molecule has 0 saturated carbocycles. The quantitative estimate of drug-likeness (QED) is 0.432. The van der Waals surface area contributed by atoms with Crippen LogP contribution in [-0.2, 0) is 0 Å². The van der Waals surface area contributed by atoms with Gasteiger partial charge in [0.25, 0.3) is 0 Å². The molecule has 1 heterocycles. The summed E-state index contributed by atoms with van der Waals surface area (Å²) < 4.78 is 5.11. The number of nitrogens with two attached hydrogens (primary N) is 1. The van der Waals surface area contributed by atoms with Crippen LogP contribution in [0.2, 0.25) is 0 Å². The Hall–Kier alpha value is -0.670. The second-order valence-corrected chi connectivity index (χ2v) is 5.80. The molecule has 7 heteroatoms. The van der Waals surface area contributed by atoms with Gasteiger partial charge in [-0.05, 0) is 24.3 Å². The normalized spacial score (nSPS) is 16.1. The van der Waals surface area contributed by atoms with Crippen molar-refractivity contribution in [2.45, 2.75) is 0 Å². The summed E-state index contributed by atoms with van der Waals surface area (Å²) >= 11 is 2.02. The standard InChI is InChI=1S/C14H22N4OS.HI/c1-19-13-4-2-12(3-5-13)17-14(15)16-6-7-18-8-10-20-11-9-18;/h2-5H,6-11H2,1H3,(H3,15,16,17);1H. The lowest BCUT2D eigenvalue weighted by atomic mass is 10.3. The number of ether oxygens (including phenoxy) is 1. The molecule has 0 aromatic heterocycles. The summed E-state index contributed by atoms with van der Waals surface area (Å²) in [6.07, 6.45) is 0. The number of anilines is 1. The number of hydrogen-bond acceptors (Lipinski definition) is 4. The summed E-state index contributed by atoms with van der Waals surface area (Å²) in [6.45, 7) is 4.03. The Kier molecular flexibility index (Phi) is 8.86. The SMILES string of the molecule is COc1ccc(NC(N)=NCCN2CCSCC2)cc1.I. The first-order chi connectivity index (χ1) is 9.78. The maximum atomic E-state index is 5.88. The Labute approximate surface area is 147 Å². The molecule has 118 valence electrons. The van der Waals surface area contributed by atoms with E-state index < -0.39 is 0 Å². The van der Waals surface area contributed by atoms with Gasteiger partial charge in [-0.15, -0.1) is 24.0 Å². The molecule has 0 spiro atoms. The number of thioether (sulfide) groups is 1. The zero-order valence-electron chi connectivity index (χ0n) is 12.2. The van der Waals surface area contributed by atoms with E-state index >= 15 is 0 Å². The van der Waals surface area contributed by atoms with Crippen LogP contribution in [0.5, 0.6) is 5.75 Å². The van der Waals surface area contributed by atoms with Crippen molar-refractivity contribution in [2.75, 3.05) is 50.1 Å². The number of aliphatic imine (C=N–C) groups is 1. The van der Waals surface area contributed by atoms with Crippen LogP contribution in [0.15, 0.2) is 29.3 Å². The molecule has 0 atom stereocenters. The Bertz CT molecular complexity index is 435. The number of nitrogens with one attached hydrogen (secondary N) is 1. The molecule has 1 aliphatic rings. The van der Waals surface area contributed by atoms with Crippen LogP contribution in [-0.4, -0.2) is 55.7 Å². The van der Waals surface area contributed by atoms with Crippen LogP contribution in [0.4, 0.5) is 5.69 Å². The molecular formula is C14H23IN4OS. The molecule has 0 bridgehead atoms. The molecule has 2 rings (SSSR count). The highest BCUT2D eigenvalue weighted by atomic mass is 127. The molecule has 0 aliphatic carbocycles. The average Bonchev–Trinajstić information content (AvgIpc) is 2.49. The summed E-state index contributed by atoms with van der Waals surface area (Å²) in [4.78, 5) is 6.79. The highest BCUT2D eigenvalue weighted by Crippen LogP contribution is 2.14. The molecule has 21 heavy (non-hydrogen) atoms. The van der Waals surface area contributed by atoms with Crippen molar-refractivity contribution in [3.8, 4) is 5.75 Å². The van der Waals surface area contributed by atoms with Crippen LogP contribution in [0, 0.1) is 0 Å². The number of methoxy groups -OCH3 is 1. The third-order valence-electron chi connectivity index (χ3n) is 3.16. The third-order valence-corrected chi connectivity index (χ3v) is 4.11. The molecule has 5 nitrogen and oxygen atoms in total. The maximum absolute atomic E-state index is 5.88. The first-order valence-corrected chi connectivity index (χ1v) is 7.94. The third kappa shape index (κ3) is 6.75. The van der Waals surface area contributed by atoms with E-state index in [0.29, 0.717) is 5.96 Å². The highest BCUT2D eigenvalue weighted by Gasteiger charge is 2.08. The number of rotatable bonds is 5. The van der Waals surface area contributed by atoms with Gasteiger partial charge in [0.1, 0.15) is 5.75 Å². The average molecular weight is 422 g/mol. The molecule has 1 aromatic rings. The number of benzene rings is 1. The Morgan fingerprint density at radius 3 is 2.62 bits per heavy atom. The van der Waals surface area contributed by atoms with E-state index in [1.165, 1.54) is 11.5 Å². The molecule has 1 aliphatic heterocycles. The monoisotopic (exact) mass is 422 g/mol.